The van der Waals surface area contributed by atoms with Crippen LogP contribution in [0.4, 0.5) is 0 Å². The average Bonchev–Trinajstić information content (AvgIpc) is 2.84. The number of aromatic nitrogens is 2. The second-order valence-electron chi connectivity index (χ2n) is 6.20. The van der Waals surface area contributed by atoms with E-state index in [4.69, 9.17) is 4.98 Å². The third kappa shape index (κ3) is 2.73. The Labute approximate surface area is 121 Å². The zero-order valence-electron chi connectivity index (χ0n) is 12.6. The lowest BCUT2D eigenvalue weighted by molar-refractivity contribution is 0.365. The van der Waals surface area contributed by atoms with E-state index in [1.165, 1.54) is 43.4 Å². The summed E-state index contributed by atoms with van der Waals surface area (Å²) in [6, 6.07) is 9.58. The largest absolute Gasteiger partial charge is 0.324 e. The summed E-state index contributed by atoms with van der Waals surface area (Å²) in [5.74, 6) is 1.17. The molecule has 1 aromatic carbocycles. The minimum absolute atomic E-state index is 0.450. The SMILES string of the molecule is CC(C)n1c(CNC2CCCCC2)nc2ccccc21. The lowest BCUT2D eigenvalue weighted by atomic mass is 9.95. The Morgan fingerprint density at radius 2 is 1.95 bits per heavy atom. The Bertz CT molecular complexity index is 565. The molecule has 3 heteroatoms. The van der Waals surface area contributed by atoms with E-state index < -0.39 is 0 Å². The maximum absolute atomic E-state index is 4.82. The van der Waals surface area contributed by atoms with Gasteiger partial charge < -0.3 is 9.88 Å². The molecule has 0 amide bonds. The zero-order chi connectivity index (χ0) is 13.9. The van der Waals surface area contributed by atoms with E-state index >= 15 is 0 Å². The first-order chi connectivity index (χ1) is 9.75. The van der Waals surface area contributed by atoms with E-state index in [1.807, 2.05) is 0 Å². The van der Waals surface area contributed by atoms with Crippen LogP contribution in [0, 0.1) is 0 Å². The van der Waals surface area contributed by atoms with E-state index in [2.05, 4.69) is 48.0 Å². The van der Waals surface area contributed by atoms with Gasteiger partial charge in [-0.2, -0.15) is 0 Å². The molecular weight excluding hydrogens is 246 g/mol. The molecule has 1 fully saturated rings. The number of hydrogen-bond donors (Lipinski definition) is 1. The van der Waals surface area contributed by atoms with Gasteiger partial charge in [0.25, 0.3) is 0 Å². The van der Waals surface area contributed by atoms with Crippen LogP contribution in [0.1, 0.15) is 57.8 Å². The number of nitrogens with one attached hydrogen (secondary N) is 1. The van der Waals surface area contributed by atoms with Crippen molar-refractivity contribution in [3.63, 3.8) is 0 Å². The van der Waals surface area contributed by atoms with Gasteiger partial charge in [-0.05, 0) is 38.8 Å². The molecule has 0 atom stereocenters. The molecular formula is C17H25N3. The van der Waals surface area contributed by atoms with Gasteiger partial charge in [0.15, 0.2) is 0 Å². The molecule has 1 aliphatic carbocycles. The second kappa shape index (κ2) is 5.96. The fourth-order valence-corrected chi connectivity index (χ4v) is 3.34. The van der Waals surface area contributed by atoms with Crippen LogP contribution >= 0.6 is 0 Å². The van der Waals surface area contributed by atoms with Gasteiger partial charge in [0.2, 0.25) is 0 Å². The molecule has 3 rings (SSSR count). The van der Waals surface area contributed by atoms with Crippen LogP contribution in [0.2, 0.25) is 0 Å². The second-order valence-corrected chi connectivity index (χ2v) is 6.20. The van der Waals surface area contributed by atoms with Gasteiger partial charge in [-0.1, -0.05) is 31.4 Å². The standard InChI is InChI=1S/C17H25N3/c1-13(2)20-16-11-7-6-10-15(16)19-17(20)12-18-14-8-4-3-5-9-14/h6-7,10-11,13-14,18H,3-5,8-9,12H2,1-2H3. The molecule has 2 aromatic rings. The van der Waals surface area contributed by atoms with Crippen LogP contribution in [-0.2, 0) is 6.54 Å². The highest BCUT2D eigenvalue weighted by molar-refractivity contribution is 5.76. The molecule has 0 aliphatic heterocycles. The van der Waals surface area contributed by atoms with Crippen molar-refractivity contribution in [3.05, 3.63) is 30.1 Å². The molecule has 108 valence electrons. The van der Waals surface area contributed by atoms with Crippen molar-refractivity contribution in [1.82, 2.24) is 14.9 Å². The molecule has 0 unspecified atom stereocenters. The van der Waals surface area contributed by atoms with Crippen LogP contribution in [0.25, 0.3) is 11.0 Å². The molecule has 20 heavy (non-hydrogen) atoms. The third-order valence-corrected chi connectivity index (χ3v) is 4.34. The Morgan fingerprint density at radius 3 is 2.70 bits per heavy atom. The number of imidazole rings is 1. The molecule has 1 heterocycles. The topological polar surface area (TPSA) is 29.9 Å². The van der Waals surface area contributed by atoms with Gasteiger partial charge in [-0.3, -0.25) is 0 Å². The fraction of sp³-hybridized carbons (Fsp3) is 0.588. The Morgan fingerprint density at radius 1 is 1.20 bits per heavy atom. The Kier molecular flexibility index (Phi) is 4.06. The maximum atomic E-state index is 4.82. The summed E-state index contributed by atoms with van der Waals surface area (Å²) in [6.07, 6.45) is 6.79. The fourth-order valence-electron chi connectivity index (χ4n) is 3.34. The number of rotatable bonds is 4. The van der Waals surface area contributed by atoms with Gasteiger partial charge in [-0.25, -0.2) is 4.98 Å². The minimum Gasteiger partial charge on any atom is -0.324 e. The highest BCUT2D eigenvalue weighted by Crippen LogP contribution is 2.22. The van der Waals surface area contributed by atoms with Crippen molar-refractivity contribution in [2.24, 2.45) is 0 Å². The average molecular weight is 271 g/mol. The number of nitrogens with zero attached hydrogens (tertiary/aromatic N) is 2. The van der Waals surface area contributed by atoms with Crippen LogP contribution < -0.4 is 5.32 Å². The van der Waals surface area contributed by atoms with Gasteiger partial charge in [-0.15, -0.1) is 0 Å². The van der Waals surface area contributed by atoms with Crippen molar-refractivity contribution >= 4 is 11.0 Å². The Balaban J connectivity index is 1.81. The first-order valence-corrected chi connectivity index (χ1v) is 7.95. The predicted octanol–water partition coefficient (Wildman–Crippen LogP) is 4.04. The summed E-state index contributed by atoms with van der Waals surface area (Å²) in [7, 11) is 0. The normalized spacial score (nSPS) is 17.1. The van der Waals surface area contributed by atoms with Crippen molar-refractivity contribution in [1.29, 1.82) is 0 Å². The molecule has 1 N–H and O–H groups in total. The van der Waals surface area contributed by atoms with Gasteiger partial charge in [0.1, 0.15) is 5.82 Å². The highest BCUT2D eigenvalue weighted by atomic mass is 15.1. The minimum atomic E-state index is 0.450. The van der Waals surface area contributed by atoms with Gasteiger partial charge in [0, 0.05) is 12.1 Å². The monoisotopic (exact) mass is 271 g/mol. The van der Waals surface area contributed by atoms with E-state index in [0.717, 1.165) is 12.1 Å². The van der Waals surface area contributed by atoms with Crippen molar-refractivity contribution < 1.29 is 0 Å². The lowest BCUT2D eigenvalue weighted by Gasteiger charge is -2.23. The van der Waals surface area contributed by atoms with Crippen molar-refractivity contribution in [3.8, 4) is 0 Å². The first-order valence-electron chi connectivity index (χ1n) is 7.95. The van der Waals surface area contributed by atoms with Gasteiger partial charge in [0.05, 0.1) is 17.6 Å². The number of para-hydroxylation sites is 2. The summed E-state index contributed by atoms with van der Waals surface area (Å²) in [5, 5.41) is 3.71. The van der Waals surface area contributed by atoms with Gasteiger partial charge >= 0.3 is 0 Å². The molecule has 3 nitrogen and oxygen atoms in total. The summed E-state index contributed by atoms with van der Waals surface area (Å²) in [5.41, 5.74) is 2.37. The molecule has 1 saturated carbocycles. The first kappa shape index (κ1) is 13.6. The number of fused-ring (bicyclic) bond motifs is 1. The van der Waals surface area contributed by atoms with E-state index in [0.29, 0.717) is 12.1 Å². The summed E-state index contributed by atoms with van der Waals surface area (Å²) < 4.78 is 2.37. The summed E-state index contributed by atoms with van der Waals surface area (Å²) in [4.78, 5) is 4.82. The van der Waals surface area contributed by atoms with E-state index in [1.54, 1.807) is 0 Å². The summed E-state index contributed by atoms with van der Waals surface area (Å²) in [6.45, 7) is 5.36. The molecule has 1 aliphatic rings. The number of benzene rings is 1. The third-order valence-electron chi connectivity index (χ3n) is 4.34. The molecule has 1 aromatic heterocycles. The van der Waals surface area contributed by atoms with Crippen molar-refractivity contribution in [2.75, 3.05) is 0 Å². The smallest absolute Gasteiger partial charge is 0.124 e. The summed E-state index contributed by atoms with van der Waals surface area (Å²) >= 11 is 0. The maximum Gasteiger partial charge on any atom is 0.124 e. The zero-order valence-corrected chi connectivity index (χ0v) is 12.6. The Hall–Kier alpha value is -1.35. The quantitative estimate of drug-likeness (QED) is 0.909. The molecule has 0 spiro atoms. The molecule has 0 radical (unpaired) electrons. The van der Waals surface area contributed by atoms with E-state index in [9.17, 15) is 0 Å². The number of hydrogen-bond acceptors (Lipinski definition) is 2. The predicted molar refractivity (Wildman–Crippen MR) is 83.8 cm³/mol. The lowest BCUT2D eigenvalue weighted by Crippen LogP contribution is -2.31. The van der Waals surface area contributed by atoms with E-state index in [-0.39, 0.29) is 0 Å². The van der Waals surface area contributed by atoms with Crippen LogP contribution in [0.15, 0.2) is 24.3 Å². The molecule has 0 saturated heterocycles. The van der Waals surface area contributed by atoms with Crippen molar-refractivity contribution in [2.45, 2.75) is 64.6 Å². The van der Waals surface area contributed by atoms with Crippen LogP contribution in [-0.4, -0.2) is 15.6 Å². The highest BCUT2D eigenvalue weighted by Gasteiger charge is 2.16. The molecule has 0 bridgehead atoms. The van der Waals surface area contributed by atoms with Crippen LogP contribution in [0.5, 0.6) is 0 Å². The van der Waals surface area contributed by atoms with Crippen LogP contribution in [0.3, 0.4) is 0 Å².